The molecule has 2 atom stereocenters. The van der Waals surface area contributed by atoms with Crippen LogP contribution < -0.4 is 5.32 Å². The molecule has 0 saturated carbocycles. The number of nitrogens with zero attached hydrogens (tertiary/aromatic N) is 1. The molecule has 0 saturated heterocycles. The SMILES string of the molecule is CN(C)S(=O)(=O)C[C@H](O)[C@H](Cc1ccc2ccccc2c1)NC(=O)OC(C)(C)C. The van der Waals surface area contributed by atoms with E-state index in [1.54, 1.807) is 20.8 Å². The molecule has 2 aromatic rings. The van der Waals surface area contributed by atoms with E-state index in [-0.39, 0.29) is 6.42 Å². The Labute approximate surface area is 172 Å². The van der Waals surface area contributed by atoms with Gasteiger partial charge in [-0.05, 0) is 43.5 Å². The fourth-order valence-electron chi connectivity index (χ4n) is 2.84. The van der Waals surface area contributed by atoms with Crippen LogP contribution in [0.25, 0.3) is 10.8 Å². The molecule has 2 aromatic carbocycles. The van der Waals surface area contributed by atoms with Gasteiger partial charge in [-0.2, -0.15) is 0 Å². The molecule has 0 aromatic heterocycles. The van der Waals surface area contributed by atoms with Gasteiger partial charge in [-0.3, -0.25) is 0 Å². The third-order valence-electron chi connectivity index (χ3n) is 4.37. The molecule has 2 N–H and O–H groups in total. The summed E-state index contributed by atoms with van der Waals surface area (Å²) in [4.78, 5) is 12.3. The largest absolute Gasteiger partial charge is 0.444 e. The van der Waals surface area contributed by atoms with Crippen molar-refractivity contribution in [1.29, 1.82) is 0 Å². The molecule has 0 aliphatic heterocycles. The number of alkyl carbamates (subject to hydrolysis) is 1. The number of amides is 1. The molecule has 0 bridgehead atoms. The highest BCUT2D eigenvalue weighted by Crippen LogP contribution is 2.18. The topological polar surface area (TPSA) is 95.9 Å². The van der Waals surface area contributed by atoms with E-state index < -0.39 is 39.6 Å². The monoisotopic (exact) mass is 422 g/mol. The summed E-state index contributed by atoms with van der Waals surface area (Å²) < 4.78 is 30.8. The van der Waals surface area contributed by atoms with E-state index >= 15 is 0 Å². The molecule has 0 aliphatic carbocycles. The van der Waals surface area contributed by atoms with Gasteiger partial charge < -0.3 is 15.2 Å². The van der Waals surface area contributed by atoms with E-state index in [1.165, 1.54) is 14.1 Å². The zero-order valence-corrected chi connectivity index (χ0v) is 18.4. The number of ether oxygens (including phenoxy) is 1. The minimum atomic E-state index is -3.65. The normalized spacial score (nSPS) is 14.6. The third-order valence-corrected chi connectivity index (χ3v) is 6.25. The second-order valence-electron chi connectivity index (χ2n) is 8.27. The lowest BCUT2D eigenvalue weighted by molar-refractivity contribution is 0.0439. The summed E-state index contributed by atoms with van der Waals surface area (Å²) in [5, 5.41) is 15.4. The fourth-order valence-corrected chi connectivity index (χ4v) is 3.80. The highest BCUT2D eigenvalue weighted by Gasteiger charge is 2.29. The molecule has 0 aliphatic rings. The maximum absolute atomic E-state index is 12.3. The van der Waals surface area contributed by atoms with Crippen LogP contribution in [0.1, 0.15) is 26.3 Å². The van der Waals surface area contributed by atoms with Crippen molar-refractivity contribution in [3.05, 3.63) is 48.0 Å². The van der Waals surface area contributed by atoms with Crippen LogP contribution in [0.2, 0.25) is 0 Å². The third kappa shape index (κ3) is 6.99. The zero-order valence-electron chi connectivity index (χ0n) is 17.5. The lowest BCUT2D eigenvalue weighted by atomic mass is 9.99. The van der Waals surface area contributed by atoms with E-state index in [9.17, 15) is 18.3 Å². The zero-order chi connectivity index (χ0) is 21.8. The van der Waals surface area contributed by atoms with Crippen LogP contribution >= 0.6 is 0 Å². The molecule has 0 unspecified atom stereocenters. The first-order valence-corrected chi connectivity index (χ1v) is 11.0. The van der Waals surface area contributed by atoms with Crippen LogP contribution in [0.15, 0.2) is 42.5 Å². The number of nitrogens with one attached hydrogen (secondary N) is 1. The number of aliphatic hydroxyl groups excluding tert-OH is 1. The van der Waals surface area contributed by atoms with Crippen molar-refractivity contribution in [3.8, 4) is 0 Å². The predicted molar refractivity (Wildman–Crippen MR) is 114 cm³/mol. The number of aliphatic hydroxyl groups is 1. The summed E-state index contributed by atoms with van der Waals surface area (Å²) in [6, 6.07) is 12.8. The van der Waals surface area contributed by atoms with E-state index in [0.29, 0.717) is 0 Å². The van der Waals surface area contributed by atoms with Gasteiger partial charge in [0.15, 0.2) is 0 Å². The number of hydrogen-bond acceptors (Lipinski definition) is 5. The van der Waals surface area contributed by atoms with Gasteiger partial charge in [-0.15, -0.1) is 0 Å². The quantitative estimate of drug-likeness (QED) is 0.715. The van der Waals surface area contributed by atoms with Crippen LogP contribution in [0.4, 0.5) is 4.79 Å². The van der Waals surface area contributed by atoms with Gasteiger partial charge in [0.1, 0.15) is 5.60 Å². The van der Waals surface area contributed by atoms with Crippen molar-refractivity contribution in [3.63, 3.8) is 0 Å². The second kappa shape index (κ2) is 9.11. The average Bonchev–Trinajstić information content (AvgIpc) is 2.59. The summed E-state index contributed by atoms with van der Waals surface area (Å²) in [6.45, 7) is 5.20. The summed E-state index contributed by atoms with van der Waals surface area (Å²) in [6.07, 6.45) is -1.75. The molecule has 0 heterocycles. The van der Waals surface area contributed by atoms with Crippen molar-refractivity contribution in [2.75, 3.05) is 19.8 Å². The average molecular weight is 423 g/mol. The number of carbonyl (C=O) groups is 1. The summed E-state index contributed by atoms with van der Waals surface area (Å²) in [5.74, 6) is -0.506. The van der Waals surface area contributed by atoms with Gasteiger partial charge in [-0.25, -0.2) is 17.5 Å². The molecular weight excluding hydrogens is 392 g/mol. The Balaban J connectivity index is 2.25. The first kappa shape index (κ1) is 23.1. The van der Waals surface area contributed by atoms with Crippen LogP contribution in [0.3, 0.4) is 0 Å². The Morgan fingerprint density at radius 2 is 1.76 bits per heavy atom. The first-order chi connectivity index (χ1) is 13.4. The van der Waals surface area contributed by atoms with Crippen molar-refractivity contribution < 1.29 is 23.1 Å². The molecule has 0 radical (unpaired) electrons. The van der Waals surface area contributed by atoms with E-state index in [2.05, 4.69) is 5.32 Å². The van der Waals surface area contributed by atoms with E-state index in [0.717, 1.165) is 20.6 Å². The smallest absolute Gasteiger partial charge is 0.407 e. The number of rotatable bonds is 7. The van der Waals surface area contributed by atoms with Crippen LogP contribution in [-0.2, 0) is 21.2 Å². The van der Waals surface area contributed by atoms with E-state index in [4.69, 9.17) is 4.74 Å². The highest BCUT2D eigenvalue weighted by molar-refractivity contribution is 7.89. The number of carbonyl (C=O) groups excluding carboxylic acids is 1. The maximum atomic E-state index is 12.3. The molecule has 0 fully saturated rings. The van der Waals surface area contributed by atoms with Gasteiger partial charge >= 0.3 is 6.09 Å². The van der Waals surface area contributed by atoms with E-state index in [1.807, 2.05) is 42.5 Å². The van der Waals surface area contributed by atoms with Crippen molar-refractivity contribution in [1.82, 2.24) is 9.62 Å². The molecule has 0 spiro atoms. The molecule has 29 heavy (non-hydrogen) atoms. The van der Waals surface area contributed by atoms with Gasteiger partial charge in [0, 0.05) is 14.1 Å². The van der Waals surface area contributed by atoms with Gasteiger partial charge in [0.25, 0.3) is 0 Å². The minimum absolute atomic E-state index is 0.258. The molecule has 160 valence electrons. The van der Waals surface area contributed by atoms with Crippen molar-refractivity contribution in [2.24, 2.45) is 0 Å². The Kier molecular flexibility index (Phi) is 7.26. The van der Waals surface area contributed by atoms with Gasteiger partial charge in [0.2, 0.25) is 10.0 Å². The standard InChI is InChI=1S/C21H30N2O5S/c1-21(2,3)28-20(25)22-18(19(24)14-29(26,27)23(4)5)13-15-10-11-16-8-6-7-9-17(16)12-15/h6-12,18-19,24H,13-14H2,1-5H3,(H,22,25)/t18-,19-/m0/s1. The summed E-state index contributed by atoms with van der Waals surface area (Å²) in [5.41, 5.74) is 0.157. The number of benzene rings is 2. The molecule has 8 heteroatoms. The molecular formula is C21H30N2O5S. The molecule has 2 rings (SSSR count). The minimum Gasteiger partial charge on any atom is -0.444 e. The van der Waals surface area contributed by atoms with Crippen LogP contribution in [-0.4, -0.2) is 61.5 Å². The van der Waals surface area contributed by atoms with Crippen LogP contribution in [0, 0.1) is 0 Å². The van der Waals surface area contributed by atoms with Gasteiger partial charge in [-0.1, -0.05) is 42.5 Å². The fraction of sp³-hybridized carbons (Fsp3) is 0.476. The highest BCUT2D eigenvalue weighted by atomic mass is 32.2. The van der Waals surface area contributed by atoms with Crippen molar-refractivity contribution in [2.45, 2.75) is 44.9 Å². The lowest BCUT2D eigenvalue weighted by Gasteiger charge is -2.27. The second-order valence-corrected chi connectivity index (χ2v) is 10.5. The Bertz CT molecular complexity index is 951. The predicted octanol–water partition coefficient (Wildman–Crippen LogP) is 2.53. The number of hydrogen-bond donors (Lipinski definition) is 2. The molecule has 1 amide bonds. The number of fused-ring (bicyclic) bond motifs is 1. The Morgan fingerprint density at radius 1 is 1.14 bits per heavy atom. The summed E-state index contributed by atoms with van der Waals surface area (Å²) in [7, 11) is -0.840. The molecule has 7 nitrogen and oxygen atoms in total. The number of sulfonamides is 1. The Hall–Kier alpha value is -2.16. The van der Waals surface area contributed by atoms with Crippen molar-refractivity contribution >= 4 is 26.9 Å². The van der Waals surface area contributed by atoms with Crippen LogP contribution in [0.5, 0.6) is 0 Å². The maximum Gasteiger partial charge on any atom is 0.407 e. The Morgan fingerprint density at radius 3 is 2.34 bits per heavy atom. The first-order valence-electron chi connectivity index (χ1n) is 9.43. The lowest BCUT2D eigenvalue weighted by Crippen LogP contribution is -2.50. The summed E-state index contributed by atoms with van der Waals surface area (Å²) >= 11 is 0. The van der Waals surface area contributed by atoms with Gasteiger partial charge in [0.05, 0.1) is 17.9 Å².